The summed E-state index contributed by atoms with van der Waals surface area (Å²) in [7, 11) is 0. The number of aryl methyl sites for hydroxylation is 1. The fraction of sp³-hybridized carbons (Fsp3) is 0.619. The van der Waals surface area contributed by atoms with E-state index in [1.807, 2.05) is 13.0 Å². The second-order valence-corrected chi connectivity index (χ2v) is 6.60. The highest BCUT2D eigenvalue weighted by atomic mass is 16.7. The number of unbranched alkanes of at least 4 members (excludes halogenated alkanes) is 2. The Morgan fingerprint density at radius 3 is 2.75 bits per heavy atom. The Bertz CT molecular complexity index is 549. The molecule has 0 aliphatic heterocycles. The van der Waals surface area contributed by atoms with Crippen LogP contribution in [0.25, 0.3) is 0 Å². The van der Waals surface area contributed by atoms with Gasteiger partial charge >= 0.3 is 0 Å². The van der Waals surface area contributed by atoms with Crippen LogP contribution in [-0.2, 0) is 11.2 Å². The van der Waals surface area contributed by atoms with Crippen molar-refractivity contribution in [3.05, 3.63) is 34.9 Å². The predicted molar refractivity (Wildman–Crippen MR) is 98.9 cm³/mol. The van der Waals surface area contributed by atoms with E-state index < -0.39 is 0 Å². The lowest BCUT2D eigenvalue weighted by molar-refractivity contribution is 0.0211. The smallest absolute Gasteiger partial charge is 0.189 e. The van der Waals surface area contributed by atoms with Gasteiger partial charge in [0, 0.05) is 18.1 Å². The monoisotopic (exact) mass is 332 g/mol. The molecule has 0 aromatic heterocycles. The lowest BCUT2D eigenvalue weighted by Crippen LogP contribution is -2.10. The molecule has 0 spiro atoms. The van der Waals surface area contributed by atoms with Gasteiger partial charge < -0.3 is 14.6 Å². The topological polar surface area (TPSA) is 38.7 Å². The van der Waals surface area contributed by atoms with Crippen LogP contribution in [0.15, 0.2) is 18.2 Å². The van der Waals surface area contributed by atoms with Crippen molar-refractivity contribution >= 4 is 0 Å². The molecule has 134 valence electrons. The molecule has 24 heavy (non-hydrogen) atoms. The van der Waals surface area contributed by atoms with Crippen molar-refractivity contribution in [2.24, 2.45) is 0 Å². The summed E-state index contributed by atoms with van der Waals surface area (Å²) in [5.41, 5.74) is 3.27. The molecule has 1 atom stereocenters. The van der Waals surface area contributed by atoms with Crippen molar-refractivity contribution in [1.82, 2.24) is 0 Å². The van der Waals surface area contributed by atoms with Crippen LogP contribution in [0.5, 0.6) is 11.5 Å². The Morgan fingerprint density at radius 2 is 2.08 bits per heavy atom. The van der Waals surface area contributed by atoms with Crippen molar-refractivity contribution in [3.8, 4) is 11.5 Å². The molecule has 0 heterocycles. The predicted octanol–water partition coefficient (Wildman–Crippen LogP) is 5.63. The minimum atomic E-state index is 0.235. The lowest BCUT2D eigenvalue weighted by Gasteiger charge is -2.24. The quantitative estimate of drug-likeness (QED) is 0.362. The summed E-state index contributed by atoms with van der Waals surface area (Å²) in [6, 6.07) is 1.95. The number of phenols is 1. The van der Waals surface area contributed by atoms with E-state index in [0.29, 0.717) is 12.4 Å². The number of aromatic hydroxyl groups is 1. The van der Waals surface area contributed by atoms with Gasteiger partial charge in [-0.15, -0.1) is 0 Å². The molecular weight excluding hydrogens is 300 g/mol. The van der Waals surface area contributed by atoms with Crippen LogP contribution in [-0.4, -0.2) is 18.5 Å². The molecule has 0 radical (unpaired) electrons. The van der Waals surface area contributed by atoms with E-state index in [4.69, 9.17) is 9.47 Å². The Hall–Kier alpha value is -1.48. The molecule has 1 aromatic carbocycles. The molecule has 0 amide bonds. The largest absolute Gasteiger partial charge is 0.507 e. The van der Waals surface area contributed by atoms with Gasteiger partial charge in [0.1, 0.15) is 11.5 Å². The number of hydrogen-bond donors (Lipinski definition) is 1. The van der Waals surface area contributed by atoms with E-state index in [1.165, 1.54) is 18.4 Å². The van der Waals surface area contributed by atoms with E-state index in [-0.39, 0.29) is 12.7 Å². The van der Waals surface area contributed by atoms with Crippen molar-refractivity contribution in [1.29, 1.82) is 0 Å². The van der Waals surface area contributed by atoms with Crippen molar-refractivity contribution in [3.63, 3.8) is 0 Å². The third-order valence-electron chi connectivity index (χ3n) is 4.82. The summed E-state index contributed by atoms with van der Waals surface area (Å²) in [5, 5.41) is 10.7. The number of allylic oxidation sites excluding steroid dienone is 2. The van der Waals surface area contributed by atoms with Gasteiger partial charge in [-0.25, -0.2) is 0 Å². The van der Waals surface area contributed by atoms with Gasteiger partial charge in [0.2, 0.25) is 0 Å². The van der Waals surface area contributed by atoms with E-state index in [0.717, 1.165) is 49.0 Å². The van der Waals surface area contributed by atoms with E-state index in [9.17, 15) is 5.11 Å². The van der Waals surface area contributed by atoms with Crippen LogP contribution in [0.4, 0.5) is 0 Å². The van der Waals surface area contributed by atoms with Crippen LogP contribution >= 0.6 is 0 Å². The van der Waals surface area contributed by atoms with Gasteiger partial charge in [-0.1, -0.05) is 31.9 Å². The Morgan fingerprint density at radius 1 is 1.25 bits per heavy atom. The first kappa shape index (κ1) is 18.9. The molecule has 1 N–H and O–H groups in total. The molecule has 0 bridgehead atoms. The van der Waals surface area contributed by atoms with Gasteiger partial charge in [0.05, 0.1) is 0 Å². The molecular formula is C21H32O3. The first-order valence-corrected chi connectivity index (χ1v) is 9.41. The van der Waals surface area contributed by atoms with Crippen molar-refractivity contribution < 1.29 is 14.6 Å². The third-order valence-corrected chi connectivity index (χ3v) is 4.82. The molecule has 0 saturated carbocycles. The SMILES string of the molecule is CCCCCc1cc(O)c(C2C=CCCC2)c(OCOCC)c1C. The molecule has 2 rings (SSSR count). The van der Waals surface area contributed by atoms with Gasteiger partial charge in [-0.3, -0.25) is 0 Å². The van der Waals surface area contributed by atoms with E-state index >= 15 is 0 Å². The highest BCUT2D eigenvalue weighted by molar-refractivity contribution is 5.56. The lowest BCUT2D eigenvalue weighted by atomic mass is 9.85. The standard InChI is InChI=1S/C21H32O3/c1-4-6-8-13-18-14-19(22)20(17-11-9-7-10-12-17)21(16(18)3)24-15-23-5-2/h9,11,14,17,22H,4-8,10,12-13,15H2,1-3H3. The maximum absolute atomic E-state index is 10.7. The molecule has 1 aliphatic carbocycles. The normalized spacial score (nSPS) is 17.2. The number of hydrogen-bond acceptors (Lipinski definition) is 3. The van der Waals surface area contributed by atoms with Gasteiger partial charge in [0.15, 0.2) is 6.79 Å². The second-order valence-electron chi connectivity index (χ2n) is 6.60. The maximum atomic E-state index is 10.7. The fourth-order valence-corrected chi connectivity index (χ4v) is 3.42. The van der Waals surface area contributed by atoms with Crippen LogP contribution in [0.3, 0.4) is 0 Å². The minimum absolute atomic E-state index is 0.235. The first-order valence-electron chi connectivity index (χ1n) is 9.41. The molecule has 1 unspecified atom stereocenters. The first-order chi connectivity index (χ1) is 11.7. The van der Waals surface area contributed by atoms with Crippen LogP contribution in [0.1, 0.15) is 75.0 Å². The summed E-state index contributed by atoms with van der Waals surface area (Å²) in [4.78, 5) is 0. The third kappa shape index (κ3) is 4.76. The minimum Gasteiger partial charge on any atom is -0.507 e. The summed E-state index contributed by atoms with van der Waals surface area (Å²) in [6.07, 6.45) is 12.3. The Kier molecular flexibility index (Phi) is 7.64. The van der Waals surface area contributed by atoms with Gasteiger partial charge in [-0.2, -0.15) is 0 Å². The van der Waals surface area contributed by atoms with Crippen LogP contribution < -0.4 is 4.74 Å². The highest BCUT2D eigenvalue weighted by Crippen LogP contribution is 2.43. The Balaban J connectivity index is 2.34. The molecule has 3 nitrogen and oxygen atoms in total. The summed E-state index contributed by atoms with van der Waals surface area (Å²) in [6.45, 7) is 7.13. The Labute approximate surface area is 146 Å². The highest BCUT2D eigenvalue weighted by Gasteiger charge is 2.23. The number of rotatable bonds is 9. The fourth-order valence-electron chi connectivity index (χ4n) is 3.42. The van der Waals surface area contributed by atoms with Gasteiger partial charge in [0.25, 0.3) is 0 Å². The summed E-state index contributed by atoms with van der Waals surface area (Å²) < 4.78 is 11.4. The average molecular weight is 332 g/mol. The van der Waals surface area contributed by atoms with Crippen molar-refractivity contribution in [2.75, 3.05) is 13.4 Å². The number of phenolic OH excluding ortho intramolecular Hbond substituents is 1. The maximum Gasteiger partial charge on any atom is 0.189 e. The summed E-state index contributed by atoms with van der Waals surface area (Å²) in [5.74, 6) is 1.43. The van der Waals surface area contributed by atoms with E-state index in [1.54, 1.807) is 0 Å². The zero-order valence-electron chi connectivity index (χ0n) is 15.4. The molecule has 0 saturated heterocycles. The molecule has 3 heteroatoms. The molecule has 0 fully saturated rings. The zero-order valence-corrected chi connectivity index (χ0v) is 15.4. The zero-order chi connectivity index (χ0) is 17.4. The molecule has 1 aromatic rings. The van der Waals surface area contributed by atoms with E-state index in [2.05, 4.69) is 26.0 Å². The van der Waals surface area contributed by atoms with Gasteiger partial charge in [-0.05, 0) is 63.1 Å². The summed E-state index contributed by atoms with van der Waals surface area (Å²) >= 11 is 0. The van der Waals surface area contributed by atoms with Crippen LogP contribution in [0, 0.1) is 6.92 Å². The number of ether oxygens (including phenoxy) is 2. The average Bonchev–Trinajstić information content (AvgIpc) is 2.59. The van der Waals surface area contributed by atoms with Crippen molar-refractivity contribution in [2.45, 2.75) is 71.6 Å². The number of benzene rings is 1. The second kappa shape index (κ2) is 9.73. The van der Waals surface area contributed by atoms with Crippen LogP contribution in [0.2, 0.25) is 0 Å². The molecule has 1 aliphatic rings.